The fraction of sp³-hybridized carbons (Fsp3) is 0.600. The van der Waals surface area contributed by atoms with Crippen LogP contribution in [0, 0.1) is 0 Å². The molecule has 1 fully saturated rings. The van der Waals surface area contributed by atoms with Gasteiger partial charge < -0.3 is 14.2 Å². The van der Waals surface area contributed by atoms with Gasteiger partial charge in [0.15, 0.2) is 11.5 Å². The molecule has 1 atom stereocenters. The van der Waals surface area contributed by atoms with Crippen LogP contribution in [0.4, 0.5) is 0 Å². The first-order chi connectivity index (χ1) is 9.55. The van der Waals surface area contributed by atoms with Crippen molar-refractivity contribution in [2.24, 2.45) is 0 Å². The summed E-state index contributed by atoms with van der Waals surface area (Å²) in [5, 5.41) is 0.385. The van der Waals surface area contributed by atoms with Crippen LogP contribution >= 0.6 is 23.2 Å². The van der Waals surface area contributed by atoms with Gasteiger partial charge in [-0.1, -0.05) is 11.6 Å². The molecular formula is C15H20Cl2O3. The number of benzene rings is 1. The predicted molar refractivity (Wildman–Crippen MR) is 81.4 cm³/mol. The maximum atomic E-state index is 6.55. The van der Waals surface area contributed by atoms with Crippen molar-refractivity contribution in [2.45, 2.75) is 36.7 Å². The Labute approximate surface area is 130 Å². The Bertz CT molecular complexity index is 467. The van der Waals surface area contributed by atoms with E-state index in [9.17, 15) is 0 Å². The third-order valence-electron chi connectivity index (χ3n) is 4.09. The molecule has 112 valence electrons. The molecule has 1 unspecified atom stereocenters. The number of alkyl halides is 1. The Morgan fingerprint density at radius 1 is 1.15 bits per heavy atom. The van der Waals surface area contributed by atoms with E-state index in [0.717, 1.165) is 24.8 Å². The van der Waals surface area contributed by atoms with Crippen molar-refractivity contribution in [1.82, 2.24) is 0 Å². The lowest BCUT2D eigenvalue weighted by Gasteiger charge is -2.42. The fourth-order valence-electron chi connectivity index (χ4n) is 2.61. The van der Waals surface area contributed by atoms with E-state index in [1.54, 1.807) is 27.4 Å². The number of methoxy groups -OCH3 is 3. The SMILES string of the molecule is COc1cc(Cl)c(C(Cl)CC2(OC)CCC2)cc1OC. The number of hydrogen-bond acceptors (Lipinski definition) is 3. The highest BCUT2D eigenvalue weighted by molar-refractivity contribution is 6.33. The summed E-state index contributed by atoms with van der Waals surface area (Å²) in [4.78, 5) is 0. The van der Waals surface area contributed by atoms with Crippen LogP contribution in [0.3, 0.4) is 0 Å². The summed E-state index contributed by atoms with van der Waals surface area (Å²) in [6.45, 7) is 0. The second-order valence-corrected chi connectivity index (χ2v) is 6.08. The Morgan fingerprint density at radius 2 is 1.75 bits per heavy atom. The molecule has 20 heavy (non-hydrogen) atoms. The highest BCUT2D eigenvalue weighted by Crippen LogP contribution is 2.46. The third kappa shape index (κ3) is 3.00. The van der Waals surface area contributed by atoms with Gasteiger partial charge in [-0.3, -0.25) is 0 Å². The molecule has 1 aliphatic rings. The van der Waals surface area contributed by atoms with Crippen LogP contribution < -0.4 is 9.47 Å². The quantitative estimate of drug-likeness (QED) is 0.717. The molecule has 0 bridgehead atoms. The van der Waals surface area contributed by atoms with Gasteiger partial charge in [0.2, 0.25) is 0 Å². The average molecular weight is 319 g/mol. The van der Waals surface area contributed by atoms with E-state index in [1.807, 2.05) is 6.07 Å². The van der Waals surface area contributed by atoms with Crippen LogP contribution in [0.25, 0.3) is 0 Å². The molecule has 1 saturated carbocycles. The summed E-state index contributed by atoms with van der Waals surface area (Å²) < 4.78 is 16.2. The standard InChI is InChI=1S/C15H20Cl2O3/c1-18-13-7-10(11(16)8-14(13)19-2)12(17)9-15(20-3)5-4-6-15/h7-8,12H,4-6,9H2,1-3H3. The topological polar surface area (TPSA) is 27.7 Å². The molecule has 0 aromatic heterocycles. The monoisotopic (exact) mass is 318 g/mol. The molecule has 0 amide bonds. The first kappa shape index (κ1) is 15.7. The summed E-state index contributed by atoms with van der Waals surface area (Å²) in [6.07, 6.45) is 4.05. The average Bonchev–Trinajstić information content (AvgIpc) is 2.42. The first-order valence-corrected chi connectivity index (χ1v) is 7.47. The summed E-state index contributed by atoms with van der Waals surface area (Å²) in [6, 6.07) is 3.59. The predicted octanol–water partition coefficient (Wildman–Crippen LogP) is 4.60. The summed E-state index contributed by atoms with van der Waals surface area (Å²) >= 11 is 12.9. The second-order valence-electron chi connectivity index (χ2n) is 5.14. The van der Waals surface area contributed by atoms with Gasteiger partial charge in [-0.15, -0.1) is 11.6 Å². The third-order valence-corrected chi connectivity index (χ3v) is 4.81. The van der Waals surface area contributed by atoms with Crippen molar-refractivity contribution in [3.05, 3.63) is 22.7 Å². The van der Waals surface area contributed by atoms with Crippen molar-refractivity contribution in [3.63, 3.8) is 0 Å². The van der Waals surface area contributed by atoms with Crippen molar-refractivity contribution >= 4 is 23.2 Å². The first-order valence-electron chi connectivity index (χ1n) is 6.66. The van der Waals surface area contributed by atoms with Crippen LogP contribution in [0.5, 0.6) is 11.5 Å². The fourth-order valence-corrected chi connectivity index (χ4v) is 3.41. The maximum absolute atomic E-state index is 6.55. The lowest BCUT2D eigenvalue weighted by molar-refractivity contribution is -0.0780. The number of ether oxygens (including phenoxy) is 3. The zero-order chi connectivity index (χ0) is 14.8. The molecule has 1 aromatic rings. The van der Waals surface area contributed by atoms with Crippen LogP contribution in [0.2, 0.25) is 5.02 Å². The summed E-state index contributed by atoms with van der Waals surface area (Å²) in [5.74, 6) is 1.24. The Kier molecular flexibility index (Phi) is 5.05. The van der Waals surface area contributed by atoms with E-state index in [4.69, 9.17) is 37.4 Å². The largest absolute Gasteiger partial charge is 0.493 e. The van der Waals surface area contributed by atoms with Crippen LogP contribution in [-0.2, 0) is 4.74 Å². The zero-order valence-electron chi connectivity index (χ0n) is 12.0. The van der Waals surface area contributed by atoms with Crippen molar-refractivity contribution in [2.75, 3.05) is 21.3 Å². The molecule has 1 aliphatic carbocycles. The van der Waals surface area contributed by atoms with E-state index in [-0.39, 0.29) is 11.0 Å². The van der Waals surface area contributed by atoms with Gasteiger partial charge in [0.1, 0.15) is 0 Å². The van der Waals surface area contributed by atoms with Gasteiger partial charge in [0.05, 0.1) is 25.2 Å². The highest BCUT2D eigenvalue weighted by atomic mass is 35.5. The lowest BCUT2D eigenvalue weighted by atomic mass is 9.76. The molecule has 3 nitrogen and oxygen atoms in total. The Morgan fingerprint density at radius 3 is 2.20 bits per heavy atom. The molecule has 0 N–H and O–H groups in total. The minimum absolute atomic E-state index is 0.0943. The molecular weight excluding hydrogens is 299 g/mol. The van der Waals surface area contributed by atoms with Crippen molar-refractivity contribution in [1.29, 1.82) is 0 Å². The normalized spacial score (nSPS) is 18.2. The Hall–Kier alpha value is -0.640. The number of hydrogen-bond donors (Lipinski definition) is 0. The van der Waals surface area contributed by atoms with E-state index in [0.29, 0.717) is 16.5 Å². The van der Waals surface area contributed by atoms with E-state index < -0.39 is 0 Å². The molecule has 0 aliphatic heterocycles. The molecule has 0 heterocycles. The van der Waals surface area contributed by atoms with E-state index in [1.165, 1.54) is 6.42 Å². The molecule has 1 aromatic carbocycles. The molecule has 0 radical (unpaired) electrons. The van der Waals surface area contributed by atoms with Gasteiger partial charge in [-0.2, -0.15) is 0 Å². The van der Waals surface area contributed by atoms with Crippen LogP contribution in [-0.4, -0.2) is 26.9 Å². The molecule has 5 heteroatoms. The zero-order valence-corrected chi connectivity index (χ0v) is 13.6. The lowest BCUT2D eigenvalue weighted by Crippen LogP contribution is -2.39. The van der Waals surface area contributed by atoms with Crippen LogP contribution in [0.1, 0.15) is 36.6 Å². The van der Waals surface area contributed by atoms with Gasteiger partial charge in [-0.25, -0.2) is 0 Å². The van der Waals surface area contributed by atoms with Gasteiger partial charge in [0, 0.05) is 18.2 Å². The van der Waals surface area contributed by atoms with E-state index >= 15 is 0 Å². The molecule has 2 rings (SSSR count). The molecule has 0 saturated heterocycles. The molecule has 0 spiro atoms. The smallest absolute Gasteiger partial charge is 0.162 e. The highest BCUT2D eigenvalue weighted by Gasteiger charge is 2.39. The minimum atomic E-state index is -0.206. The van der Waals surface area contributed by atoms with Crippen molar-refractivity contribution < 1.29 is 14.2 Å². The van der Waals surface area contributed by atoms with Gasteiger partial charge in [-0.05, 0) is 37.3 Å². The van der Waals surface area contributed by atoms with Crippen LogP contribution in [0.15, 0.2) is 12.1 Å². The van der Waals surface area contributed by atoms with Gasteiger partial charge in [0.25, 0.3) is 0 Å². The maximum Gasteiger partial charge on any atom is 0.162 e. The minimum Gasteiger partial charge on any atom is -0.493 e. The number of rotatable bonds is 6. The second kappa shape index (κ2) is 6.42. The Balaban J connectivity index is 2.23. The number of halogens is 2. The summed E-state index contributed by atoms with van der Waals surface area (Å²) in [5.41, 5.74) is 0.762. The summed E-state index contributed by atoms with van der Waals surface area (Å²) in [7, 11) is 4.93. The van der Waals surface area contributed by atoms with E-state index in [2.05, 4.69) is 0 Å². The van der Waals surface area contributed by atoms with Crippen molar-refractivity contribution in [3.8, 4) is 11.5 Å². The van der Waals surface area contributed by atoms with Gasteiger partial charge >= 0.3 is 0 Å².